The smallest absolute Gasteiger partial charge is 0.450 e. The maximum atomic E-state index is 9.08. The number of rotatable bonds is 5. The second-order valence-electron chi connectivity index (χ2n) is 2.85. The summed E-state index contributed by atoms with van der Waals surface area (Å²) in [7, 11) is -1.08. The van der Waals surface area contributed by atoms with Crippen LogP contribution in [-0.4, -0.2) is 26.2 Å². The number of hydrogen-bond donors (Lipinski definition) is 1. The van der Waals surface area contributed by atoms with Gasteiger partial charge in [0.15, 0.2) is 0 Å². The van der Waals surface area contributed by atoms with Crippen LogP contribution in [-0.2, 0) is 9.14 Å². The van der Waals surface area contributed by atoms with Gasteiger partial charge in [-0.3, -0.25) is 0 Å². The molecule has 0 amide bonds. The monoisotopic (exact) mass is 156 g/mol. The minimum absolute atomic E-state index is 0.00550. The summed E-state index contributed by atoms with van der Waals surface area (Å²) in [5.41, 5.74) is 0. The van der Waals surface area contributed by atoms with Gasteiger partial charge in [-0.1, -0.05) is 33.7 Å². The van der Waals surface area contributed by atoms with E-state index in [1.807, 2.05) is 27.4 Å². The van der Waals surface area contributed by atoms with Gasteiger partial charge in [-0.15, -0.1) is 0 Å². The van der Waals surface area contributed by atoms with Crippen molar-refractivity contribution in [2.24, 2.45) is 0 Å². The Morgan fingerprint density at radius 1 is 1.18 bits per heavy atom. The zero-order valence-corrected chi connectivity index (χ0v) is 7.70. The van der Waals surface area contributed by atoms with Crippen molar-refractivity contribution >= 4 is 21.2 Å². The van der Waals surface area contributed by atoms with E-state index in [-0.39, 0.29) is 13.8 Å². The van der Waals surface area contributed by atoms with Crippen LogP contribution in [0.15, 0.2) is 0 Å². The Morgan fingerprint density at radius 2 is 1.73 bits per heavy atom. The highest BCUT2D eigenvalue weighted by Crippen LogP contribution is 1.97. The van der Waals surface area contributed by atoms with E-state index in [0.717, 1.165) is 6.32 Å². The largest absolute Gasteiger partial charge is 0.605 e. The molecule has 0 atom stereocenters. The Bertz CT molecular complexity index is 101. The van der Waals surface area contributed by atoms with E-state index in [0.29, 0.717) is 0 Å². The minimum Gasteiger partial charge on any atom is -0.450 e. The Labute approximate surface area is 69.9 Å². The lowest BCUT2D eigenvalue weighted by molar-refractivity contribution is 0.303. The predicted octanol–water partition coefficient (Wildman–Crippen LogP) is 0.889. The molecular weight excluding hydrogens is 140 g/mol. The van der Waals surface area contributed by atoms with E-state index in [2.05, 4.69) is 0 Å². The summed E-state index contributed by atoms with van der Waals surface area (Å²) in [6.07, 6.45) is 0.874. The van der Waals surface area contributed by atoms with Gasteiger partial charge < -0.3 is 14.2 Å². The van der Waals surface area contributed by atoms with E-state index in [9.17, 15) is 0 Å². The van der Waals surface area contributed by atoms with Crippen molar-refractivity contribution in [2.75, 3.05) is 0 Å². The molecule has 0 saturated heterocycles. The van der Waals surface area contributed by atoms with Crippen molar-refractivity contribution in [3.63, 3.8) is 0 Å². The lowest BCUT2D eigenvalue weighted by Crippen LogP contribution is -2.33. The van der Waals surface area contributed by atoms with Crippen LogP contribution in [0.3, 0.4) is 0 Å². The Balaban J connectivity index is 3.43. The van der Waals surface area contributed by atoms with E-state index < -0.39 is 7.32 Å². The van der Waals surface area contributed by atoms with Gasteiger partial charge in [0, 0.05) is 0 Å². The standard InChI is InChI=1S/C5H15B3O3/c1-5-7(4)11-8(9)10-6(2)3/h9H,5H2,1-4H3. The highest BCUT2D eigenvalue weighted by Gasteiger charge is 2.21. The third kappa shape index (κ3) is 6.47. The Hall–Kier alpha value is 0.0748. The van der Waals surface area contributed by atoms with Crippen LogP contribution < -0.4 is 0 Å². The fraction of sp³-hybridized carbons (Fsp3) is 1.00. The molecule has 0 heterocycles. The van der Waals surface area contributed by atoms with Crippen LogP contribution >= 0.6 is 0 Å². The average Bonchev–Trinajstić information content (AvgIpc) is 1.85. The van der Waals surface area contributed by atoms with E-state index in [1.54, 1.807) is 0 Å². The predicted molar refractivity (Wildman–Crippen MR) is 49.7 cm³/mol. The van der Waals surface area contributed by atoms with Gasteiger partial charge in [-0.05, 0) is 0 Å². The van der Waals surface area contributed by atoms with Gasteiger partial charge in [0.2, 0.25) is 0 Å². The van der Waals surface area contributed by atoms with Crippen molar-refractivity contribution in [3.05, 3.63) is 0 Å². The normalized spacial score (nSPS) is 9.55. The molecular formula is C5H15B3O3. The van der Waals surface area contributed by atoms with Crippen LogP contribution in [0.25, 0.3) is 0 Å². The van der Waals surface area contributed by atoms with Gasteiger partial charge in [-0.2, -0.15) is 0 Å². The van der Waals surface area contributed by atoms with Crippen molar-refractivity contribution in [2.45, 2.75) is 33.7 Å². The first-order valence-corrected chi connectivity index (χ1v) is 4.05. The molecule has 0 aliphatic rings. The fourth-order valence-electron chi connectivity index (χ4n) is 0.560. The molecule has 0 rings (SSSR count). The van der Waals surface area contributed by atoms with E-state index in [1.165, 1.54) is 0 Å². The third-order valence-corrected chi connectivity index (χ3v) is 1.31. The lowest BCUT2D eigenvalue weighted by atomic mass is 9.66. The zero-order chi connectivity index (χ0) is 8.85. The minimum atomic E-state index is -1.08. The summed E-state index contributed by atoms with van der Waals surface area (Å²) in [5, 5.41) is 9.08. The maximum absolute atomic E-state index is 9.08. The SMILES string of the molecule is CCB(C)OB(O)OB(C)C. The maximum Gasteiger partial charge on any atom is 0.605 e. The lowest BCUT2D eigenvalue weighted by Gasteiger charge is -2.12. The molecule has 6 heteroatoms. The Kier molecular flexibility index (Phi) is 5.73. The summed E-state index contributed by atoms with van der Waals surface area (Å²) >= 11 is 0. The molecule has 0 spiro atoms. The average molecular weight is 156 g/mol. The van der Waals surface area contributed by atoms with Gasteiger partial charge in [-0.25, -0.2) is 0 Å². The van der Waals surface area contributed by atoms with E-state index >= 15 is 0 Å². The van der Waals surface area contributed by atoms with Crippen molar-refractivity contribution in [3.8, 4) is 0 Å². The second-order valence-corrected chi connectivity index (χ2v) is 2.85. The molecule has 1 N–H and O–H groups in total. The molecule has 0 radical (unpaired) electrons. The van der Waals surface area contributed by atoms with Crippen molar-refractivity contribution < 1.29 is 14.2 Å². The van der Waals surface area contributed by atoms with Crippen LogP contribution in [0.1, 0.15) is 6.92 Å². The molecule has 62 valence electrons. The van der Waals surface area contributed by atoms with Crippen LogP contribution in [0, 0.1) is 0 Å². The van der Waals surface area contributed by atoms with Gasteiger partial charge in [0.1, 0.15) is 0 Å². The first-order valence-electron chi connectivity index (χ1n) is 4.05. The highest BCUT2D eigenvalue weighted by atomic mass is 16.7. The molecule has 0 bridgehead atoms. The van der Waals surface area contributed by atoms with Crippen molar-refractivity contribution in [1.29, 1.82) is 0 Å². The Morgan fingerprint density at radius 3 is 2.09 bits per heavy atom. The van der Waals surface area contributed by atoms with Crippen LogP contribution in [0.4, 0.5) is 0 Å². The molecule has 0 aromatic carbocycles. The molecule has 0 unspecified atom stereocenters. The molecule has 0 aliphatic heterocycles. The molecule has 0 aromatic heterocycles. The van der Waals surface area contributed by atoms with Gasteiger partial charge in [0.05, 0.1) is 0 Å². The second kappa shape index (κ2) is 5.69. The summed E-state index contributed by atoms with van der Waals surface area (Å²) < 4.78 is 10.00. The molecule has 0 fully saturated rings. The molecule has 0 saturated carbocycles. The van der Waals surface area contributed by atoms with Gasteiger partial charge in [0.25, 0.3) is 13.8 Å². The summed E-state index contributed by atoms with van der Waals surface area (Å²) in [6, 6.07) is 0. The first kappa shape index (κ1) is 11.1. The molecule has 0 aliphatic carbocycles. The molecule has 0 aromatic rings. The summed E-state index contributed by atoms with van der Waals surface area (Å²) in [4.78, 5) is 0. The third-order valence-electron chi connectivity index (χ3n) is 1.31. The topological polar surface area (TPSA) is 38.7 Å². The van der Waals surface area contributed by atoms with Crippen LogP contribution in [0.2, 0.25) is 26.8 Å². The first-order chi connectivity index (χ1) is 5.06. The zero-order valence-electron chi connectivity index (χ0n) is 7.70. The quantitative estimate of drug-likeness (QED) is 0.600. The van der Waals surface area contributed by atoms with Gasteiger partial charge >= 0.3 is 7.32 Å². The van der Waals surface area contributed by atoms with Crippen LogP contribution in [0.5, 0.6) is 0 Å². The highest BCUT2D eigenvalue weighted by molar-refractivity contribution is 6.64. The number of hydrogen-bond acceptors (Lipinski definition) is 3. The van der Waals surface area contributed by atoms with Crippen molar-refractivity contribution in [1.82, 2.24) is 0 Å². The fourth-order valence-corrected chi connectivity index (χ4v) is 0.560. The van der Waals surface area contributed by atoms with E-state index in [4.69, 9.17) is 14.2 Å². The summed E-state index contributed by atoms with van der Waals surface area (Å²) in [5.74, 6) is 0. The molecule has 11 heavy (non-hydrogen) atoms. The molecule has 3 nitrogen and oxygen atoms in total. The summed E-state index contributed by atoms with van der Waals surface area (Å²) in [6.45, 7) is 7.63.